The van der Waals surface area contributed by atoms with Crippen LogP contribution >= 0.6 is 24.0 Å². The molecule has 6 heteroatoms. The van der Waals surface area contributed by atoms with E-state index in [1.165, 1.54) is 17.3 Å². The highest BCUT2D eigenvalue weighted by Gasteiger charge is 2.32. The van der Waals surface area contributed by atoms with Gasteiger partial charge in [0.25, 0.3) is 5.91 Å². The van der Waals surface area contributed by atoms with Crippen molar-refractivity contribution in [2.24, 2.45) is 0 Å². The first kappa shape index (κ1) is 23.3. The highest BCUT2D eigenvalue weighted by Crippen LogP contribution is 2.35. The Morgan fingerprint density at radius 2 is 1.69 bits per heavy atom. The fraction of sp³-hybridized carbons (Fsp3) is 0.138. The SMILES string of the molecule is Cc1ccc(C)c(-c2nn(-c3ccccc3)cc2C=C2SC(=S)N(CCc3ccccc3)C2=O)c1. The normalized spacial score (nSPS) is 14.8. The topological polar surface area (TPSA) is 38.1 Å². The van der Waals surface area contributed by atoms with E-state index in [4.69, 9.17) is 17.3 Å². The summed E-state index contributed by atoms with van der Waals surface area (Å²) in [6.07, 6.45) is 4.69. The lowest BCUT2D eigenvalue weighted by Gasteiger charge is -2.14. The molecular weight excluding hydrogens is 470 g/mol. The summed E-state index contributed by atoms with van der Waals surface area (Å²) in [4.78, 5) is 15.6. The third-order valence-electron chi connectivity index (χ3n) is 6.04. The van der Waals surface area contributed by atoms with Gasteiger partial charge in [-0.15, -0.1) is 0 Å². The lowest BCUT2D eigenvalue weighted by Crippen LogP contribution is -2.30. The molecule has 0 bridgehead atoms. The molecule has 4 nitrogen and oxygen atoms in total. The maximum absolute atomic E-state index is 13.3. The molecule has 0 N–H and O–H groups in total. The number of amides is 1. The van der Waals surface area contributed by atoms with Gasteiger partial charge in [-0.2, -0.15) is 5.10 Å². The Bertz CT molecular complexity index is 1430. The van der Waals surface area contributed by atoms with E-state index in [2.05, 4.69) is 44.2 Å². The van der Waals surface area contributed by atoms with Crippen LogP contribution in [0.3, 0.4) is 0 Å². The predicted molar refractivity (Wildman–Crippen MR) is 148 cm³/mol. The zero-order valence-corrected chi connectivity index (χ0v) is 21.3. The Balaban J connectivity index is 1.50. The number of aryl methyl sites for hydroxylation is 2. The van der Waals surface area contributed by atoms with Gasteiger partial charge in [0.1, 0.15) is 10.0 Å². The molecule has 1 saturated heterocycles. The van der Waals surface area contributed by atoms with Crippen LogP contribution < -0.4 is 0 Å². The van der Waals surface area contributed by atoms with E-state index in [1.54, 1.807) is 4.90 Å². The van der Waals surface area contributed by atoms with E-state index in [0.29, 0.717) is 15.8 Å². The second-order valence-electron chi connectivity index (χ2n) is 8.60. The van der Waals surface area contributed by atoms with Crippen molar-refractivity contribution in [3.8, 4) is 16.9 Å². The number of nitrogens with zero attached hydrogens (tertiary/aromatic N) is 3. The van der Waals surface area contributed by atoms with Gasteiger partial charge in [-0.25, -0.2) is 4.68 Å². The largest absolute Gasteiger partial charge is 0.293 e. The molecule has 4 aromatic rings. The third-order valence-corrected chi connectivity index (χ3v) is 7.42. The summed E-state index contributed by atoms with van der Waals surface area (Å²) in [5, 5.41) is 4.94. The summed E-state index contributed by atoms with van der Waals surface area (Å²) in [5.41, 5.74) is 7.26. The molecule has 2 heterocycles. The van der Waals surface area contributed by atoms with E-state index in [0.717, 1.165) is 40.1 Å². The summed E-state index contributed by atoms with van der Waals surface area (Å²) < 4.78 is 2.47. The van der Waals surface area contributed by atoms with Gasteiger partial charge in [0.15, 0.2) is 0 Å². The first-order valence-corrected chi connectivity index (χ1v) is 12.7. The van der Waals surface area contributed by atoms with E-state index >= 15 is 0 Å². The number of thioether (sulfide) groups is 1. The average Bonchev–Trinajstić information content (AvgIpc) is 3.41. The van der Waals surface area contributed by atoms with Gasteiger partial charge in [0, 0.05) is 23.9 Å². The van der Waals surface area contributed by atoms with Crippen molar-refractivity contribution in [2.75, 3.05) is 6.54 Å². The van der Waals surface area contributed by atoms with Gasteiger partial charge in [0.2, 0.25) is 0 Å². The van der Waals surface area contributed by atoms with Gasteiger partial charge >= 0.3 is 0 Å². The molecule has 0 unspecified atom stereocenters. The number of para-hydroxylation sites is 1. The molecule has 0 aliphatic carbocycles. The van der Waals surface area contributed by atoms with Crippen LogP contribution in [0.4, 0.5) is 0 Å². The Kier molecular flexibility index (Phi) is 6.66. The van der Waals surface area contributed by atoms with E-state index in [1.807, 2.05) is 65.5 Å². The third kappa shape index (κ3) is 4.99. The van der Waals surface area contributed by atoms with Crippen molar-refractivity contribution in [1.82, 2.24) is 14.7 Å². The van der Waals surface area contributed by atoms with Crippen LogP contribution in [0.5, 0.6) is 0 Å². The smallest absolute Gasteiger partial charge is 0.266 e. The molecule has 1 fully saturated rings. The van der Waals surface area contributed by atoms with E-state index in [9.17, 15) is 4.79 Å². The molecule has 0 atom stereocenters. The zero-order valence-electron chi connectivity index (χ0n) is 19.6. The van der Waals surface area contributed by atoms with Crippen molar-refractivity contribution in [3.63, 3.8) is 0 Å². The van der Waals surface area contributed by atoms with E-state index in [-0.39, 0.29) is 5.91 Å². The maximum atomic E-state index is 13.3. The standard InChI is InChI=1S/C29H25N3OS2/c1-20-13-14-21(2)25(17-20)27-23(19-32(30-27)24-11-7-4-8-12-24)18-26-28(33)31(29(34)35-26)16-15-22-9-5-3-6-10-22/h3-14,17-19H,15-16H2,1-2H3. The molecule has 1 aromatic heterocycles. The summed E-state index contributed by atoms with van der Waals surface area (Å²) in [6, 6.07) is 26.5. The lowest BCUT2D eigenvalue weighted by atomic mass is 10.0. The highest BCUT2D eigenvalue weighted by molar-refractivity contribution is 8.26. The van der Waals surface area contributed by atoms with Crippen LogP contribution in [-0.2, 0) is 11.2 Å². The molecular formula is C29H25N3OS2. The van der Waals surface area contributed by atoms with Crippen LogP contribution in [0, 0.1) is 13.8 Å². The molecule has 174 valence electrons. The van der Waals surface area contributed by atoms with Crippen molar-refractivity contribution >= 4 is 40.3 Å². The number of benzene rings is 3. The number of hydrogen-bond acceptors (Lipinski definition) is 4. The Hall–Kier alpha value is -3.48. The molecule has 35 heavy (non-hydrogen) atoms. The first-order valence-electron chi connectivity index (χ1n) is 11.5. The van der Waals surface area contributed by atoms with Gasteiger partial charge in [0.05, 0.1) is 10.6 Å². The summed E-state index contributed by atoms with van der Waals surface area (Å²) in [5.74, 6) is -0.0460. The number of aromatic nitrogens is 2. The second-order valence-corrected chi connectivity index (χ2v) is 10.3. The molecule has 1 aliphatic rings. The van der Waals surface area contributed by atoms with Crippen molar-refractivity contribution in [3.05, 3.63) is 112 Å². The minimum atomic E-state index is -0.0460. The van der Waals surface area contributed by atoms with Gasteiger partial charge < -0.3 is 0 Å². The number of carbonyl (C=O) groups is 1. The van der Waals surface area contributed by atoms with Gasteiger partial charge in [-0.05, 0) is 55.7 Å². The quantitative estimate of drug-likeness (QED) is 0.223. The Labute approximate surface area is 215 Å². The number of carbonyl (C=O) groups excluding carboxylic acids is 1. The summed E-state index contributed by atoms with van der Waals surface area (Å²) >= 11 is 6.94. The minimum Gasteiger partial charge on any atom is -0.293 e. The Morgan fingerprint density at radius 1 is 0.971 bits per heavy atom. The number of hydrogen-bond donors (Lipinski definition) is 0. The van der Waals surface area contributed by atoms with E-state index < -0.39 is 0 Å². The van der Waals surface area contributed by atoms with Gasteiger partial charge in [-0.3, -0.25) is 9.69 Å². The molecule has 0 saturated carbocycles. The summed E-state index contributed by atoms with van der Waals surface area (Å²) in [6.45, 7) is 4.73. The zero-order chi connectivity index (χ0) is 24.4. The van der Waals surface area contributed by atoms with Crippen LogP contribution in [0.25, 0.3) is 23.0 Å². The van der Waals surface area contributed by atoms with Crippen molar-refractivity contribution in [2.45, 2.75) is 20.3 Å². The monoisotopic (exact) mass is 495 g/mol. The fourth-order valence-electron chi connectivity index (χ4n) is 4.13. The van der Waals surface area contributed by atoms with Crippen LogP contribution in [-0.4, -0.2) is 31.5 Å². The fourth-order valence-corrected chi connectivity index (χ4v) is 5.43. The lowest BCUT2D eigenvalue weighted by molar-refractivity contribution is -0.122. The van der Waals surface area contributed by atoms with Crippen LogP contribution in [0.15, 0.2) is 90.0 Å². The Morgan fingerprint density at radius 3 is 2.43 bits per heavy atom. The van der Waals surface area contributed by atoms with Crippen LogP contribution in [0.1, 0.15) is 22.3 Å². The highest BCUT2D eigenvalue weighted by atomic mass is 32.2. The maximum Gasteiger partial charge on any atom is 0.266 e. The molecule has 5 rings (SSSR count). The molecule has 0 spiro atoms. The van der Waals surface area contributed by atoms with Crippen molar-refractivity contribution < 1.29 is 4.79 Å². The summed E-state index contributed by atoms with van der Waals surface area (Å²) in [7, 11) is 0. The first-order chi connectivity index (χ1) is 17.0. The van der Waals surface area contributed by atoms with Crippen molar-refractivity contribution in [1.29, 1.82) is 0 Å². The minimum absolute atomic E-state index is 0.0460. The molecule has 3 aromatic carbocycles. The number of thiocarbonyl (C=S) groups is 1. The average molecular weight is 496 g/mol. The molecule has 1 amide bonds. The predicted octanol–water partition coefficient (Wildman–Crippen LogP) is 6.60. The number of rotatable bonds is 6. The molecule has 0 radical (unpaired) electrons. The van der Waals surface area contributed by atoms with Gasteiger partial charge in [-0.1, -0.05) is 90.2 Å². The second kappa shape index (κ2) is 10.0. The van der Waals surface area contributed by atoms with Crippen LogP contribution in [0.2, 0.25) is 0 Å². The molecule has 1 aliphatic heterocycles.